The van der Waals surface area contributed by atoms with Gasteiger partial charge in [0.25, 0.3) is 0 Å². The summed E-state index contributed by atoms with van der Waals surface area (Å²) < 4.78 is 5.54. The Morgan fingerprint density at radius 3 is 2.83 bits per heavy atom. The third-order valence-corrected chi connectivity index (χ3v) is 2.54. The first-order chi connectivity index (χ1) is 8.81. The molecule has 0 saturated heterocycles. The summed E-state index contributed by atoms with van der Waals surface area (Å²) in [5.41, 5.74) is 8.15. The van der Waals surface area contributed by atoms with Gasteiger partial charge in [0, 0.05) is 10.3 Å². The van der Waals surface area contributed by atoms with Crippen molar-refractivity contribution < 1.29 is 9.84 Å². The molecule has 0 saturated carbocycles. The first kappa shape index (κ1) is 12.2. The molecule has 2 rings (SSSR count). The second kappa shape index (κ2) is 5.91. The van der Waals surface area contributed by atoms with Crippen LogP contribution in [0, 0.1) is 0 Å². The van der Waals surface area contributed by atoms with Crippen molar-refractivity contribution in [3.8, 4) is 5.75 Å². The van der Waals surface area contributed by atoms with Gasteiger partial charge in [0.15, 0.2) is 0 Å². The van der Waals surface area contributed by atoms with E-state index in [1.165, 1.54) is 0 Å². The van der Waals surface area contributed by atoms with Gasteiger partial charge in [-0.15, -0.1) is 0 Å². The van der Waals surface area contributed by atoms with Gasteiger partial charge in [-0.25, -0.2) is 0 Å². The molecule has 0 aliphatic carbocycles. The quantitative estimate of drug-likeness (QED) is 0.498. The first-order valence-electron chi connectivity index (χ1n) is 5.61. The summed E-state index contributed by atoms with van der Waals surface area (Å²) in [6, 6.07) is 13.6. The lowest BCUT2D eigenvalue weighted by Crippen LogP contribution is -2.20. The molecule has 5 heteroatoms. The number of hydrogen-bond donors (Lipinski definition) is 1. The molecule has 0 aliphatic rings. The largest absolute Gasteiger partial charge is 0.490 e. The van der Waals surface area contributed by atoms with Gasteiger partial charge in [0.05, 0.1) is 12.6 Å². The lowest BCUT2D eigenvalue weighted by atomic mass is 10.1. The number of hydrogen-bond acceptors (Lipinski definition) is 3. The Balaban J connectivity index is 2.10. The molecular weight excluding hydrogens is 230 g/mol. The number of aliphatic hydroxyl groups excluding tert-OH is 1. The summed E-state index contributed by atoms with van der Waals surface area (Å²) in [5.74, 6) is 0.716. The molecule has 0 heterocycles. The van der Waals surface area contributed by atoms with Crippen molar-refractivity contribution >= 4 is 10.8 Å². The van der Waals surface area contributed by atoms with Crippen LogP contribution in [0.25, 0.3) is 21.2 Å². The Kier molecular flexibility index (Phi) is 4.02. The van der Waals surface area contributed by atoms with Gasteiger partial charge in [-0.3, -0.25) is 0 Å². The van der Waals surface area contributed by atoms with Gasteiger partial charge >= 0.3 is 0 Å². The molecule has 0 spiro atoms. The van der Waals surface area contributed by atoms with E-state index in [0.717, 1.165) is 10.8 Å². The van der Waals surface area contributed by atoms with Gasteiger partial charge < -0.3 is 9.84 Å². The van der Waals surface area contributed by atoms with Crippen molar-refractivity contribution in [2.45, 2.75) is 6.10 Å². The molecule has 5 nitrogen and oxygen atoms in total. The Labute approximate surface area is 104 Å². The fourth-order valence-corrected chi connectivity index (χ4v) is 1.69. The average molecular weight is 243 g/mol. The zero-order valence-corrected chi connectivity index (χ0v) is 9.73. The number of benzene rings is 2. The predicted molar refractivity (Wildman–Crippen MR) is 69.5 cm³/mol. The van der Waals surface area contributed by atoms with Gasteiger partial charge in [-0.05, 0) is 17.0 Å². The van der Waals surface area contributed by atoms with Crippen molar-refractivity contribution in [1.82, 2.24) is 0 Å². The molecule has 2 aromatic carbocycles. The van der Waals surface area contributed by atoms with E-state index < -0.39 is 6.10 Å². The minimum atomic E-state index is -0.792. The van der Waals surface area contributed by atoms with E-state index in [1.807, 2.05) is 42.5 Å². The predicted octanol–water partition coefficient (Wildman–Crippen LogP) is 2.89. The number of rotatable bonds is 5. The molecule has 0 amide bonds. The summed E-state index contributed by atoms with van der Waals surface area (Å²) in [4.78, 5) is 2.59. The molecule has 0 aliphatic heterocycles. The number of fused-ring (bicyclic) bond motifs is 1. The number of aliphatic hydroxyl groups is 1. The van der Waals surface area contributed by atoms with Crippen LogP contribution in [0.3, 0.4) is 0 Å². The van der Waals surface area contributed by atoms with E-state index in [1.54, 1.807) is 0 Å². The van der Waals surface area contributed by atoms with E-state index in [4.69, 9.17) is 10.3 Å². The van der Waals surface area contributed by atoms with Crippen LogP contribution in [0.2, 0.25) is 0 Å². The standard InChI is InChI=1S/C13H13N3O2/c14-16-15-8-11(17)9-18-13-7-3-5-10-4-1-2-6-12(10)13/h1-7,11,17H,8-9H2/t11-/m0/s1. The third-order valence-electron chi connectivity index (χ3n) is 2.54. The monoisotopic (exact) mass is 243 g/mol. The van der Waals surface area contributed by atoms with Gasteiger partial charge in [0.1, 0.15) is 12.4 Å². The normalized spacial score (nSPS) is 11.8. The zero-order valence-electron chi connectivity index (χ0n) is 9.73. The molecule has 0 radical (unpaired) electrons. The maximum atomic E-state index is 9.52. The topological polar surface area (TPSA) is 78.2 Å². The lowest BCUT2D eigenvalue weighted by Gasteiger charge is -2.12. The van der Waals surface area contributed by atoms with Crippen LogP contribution >= 0.6 is 0 Å². The van der Waals surface area contributed by atoms with Crippen LogP contribution in [-0.4, -0.2) is 24.4 Å². The number of ether oxygens (including phenoxy) is 1. The first-order valence-corrected chi connectivity index (χ1v) is 5.61. The van der Waals surface area contributed by atoms with Gasteiger partial charge in [-0.1, -0.05) is 41.5 Å². The second-order valence-electron chi connectivity index (χ2n) is 3.86. The second-order valence-corrected chi connectivity index (χ2v) is 3.86. The van der Waals surface area contributed by atoms with Crippen LogP contribution in [-0.2, 0) is 0 Å². The highest BCUT2D eigenvalue weighted by Gasteiger charge is 2.06. The SMILES string of the molecule is [N-]=[N+]=NC[C@H](O)COc1cccc2ccccc12. The summed E-state index contributed by atoms with van der Waals surface area (Å²) in [6.45, 7) is 0.119. The Hall–Kier alpha value is -2.23. The van der Waals surface area contributed by atoms with Crippen molar-refractivity contribution in [1.29, 1.82) is 0 Å². The third kappa shape index (κ3) is 2.91. The highest BCUT2D eigenvalue weighted by molar-refractivity contribution is 5.88. The highest BCUT2D eigenvalue weighted by Crippen LogP contribution is 2.25. The highest BCUT2D eigenvalue weighted by atomic mass is 16.5. The van der Waals surface area contributed by atoms with E-state index in [2.05, 4.69) is 10.0 Å². The van der Waals surface area contributed by atoms with Crippen LogP contribution in [0.15, 0.2) is 47.6 Å². The Morgan fingerprint density at radius 2 is 2.00 bits per heavy atom. The summed E-state index contributed by atoms with van der Waals surface area (Å²) >= 11 is 0. The molecule has 2 aromatic rings. The zero-order chi connectivity index (χ0) is 12.8. The summed E-state index contributed by atoms with van der Waals surface area (Å²) in [6.07, 6.45) is -0.792. The van der Waals surface area contributed by atoms with E-state index in [0.29, 0.717) is 5.75 Å². The van der Waals surface area contributed by atoms with E-state index in [-0.39, 0.29) is 13.2 Å². The van der Waals surface area contributed by atoms with Crippen molar-refractivity contribution in [2.75, 3.05) is 13.2 Å². The molecule has 0 fully saturated rings. The molecule has 0 aromatic heterocycles. The molecule has 0 unspecified atom stereocenters. The smallest absolute Gasteiger partial charge is 0.127 e. The van der Waals surface area contributed by atoms with E-state index >= 15 is 0 Å². The van der Waals surface area contributed by atoms with Gasteiger partial charge in [0.2, 0.25) is 0 Å². The molecule has 0 bridgehead atoms. The van der Waals surface area contributed by atoms with Crippen molar-refractivity contribution in [3.63, 3.8) is 0 Å². The number of azide groups is 1. The summed E-state index contributed by atoms with van der Waals surface area (Å²) in [5, 5.41) is 14.9. The fourth-order valence-electron chi connectivity index (χ4n) is 1.69. The average Bonchev–Trinajstić information content (AvgIpc) is 2.42. The molecule has 1 atom stereocenters. The van der Waals surface area contributed by atoms with E-state index in [9.17, 15) is 5.11 Å². The fraction of sp³-hybridized carbons (Fsp3) is 0.231. The van der Waals surface area contributed by atoms with Crippen LogP contribution < -0.4 is 4.74 Å². The maximum absolute atomic E-state index is 9.52. The summed E-state index contributed by atoms with van der Waals surface area (Å²) in [7, 11) is 0. The number of nitrogens with zero attached hydrogens (tertiary/aromatic N) is 3. The maximum Gasteiger partial charge on any atom is 0.127 e. The van der Waals surface area contributed by atoms with Crippen LogP contribution in [0.1, 0.15) is 0 Å². The molecule has 18 heavy (non-hydrogen) atoms. The molecule has 1 N–H and O–H groups in total. The van der Waals surface area contributed by atoms with Crippen LogP contribution in [0.5, 0.6) is 5.75 Å². The van der Waals surface area contributed by atoms with Crippen molar-refractivity contribution in [3.05, 3.63) is 52.9 Å². The minimum Gasteiger partial charge on any atom is -0.490 e. The lowest BCUT2D eigenvalue weighted by molar-refractivity contribution is 0.115. The molecule has 92 valence electrons. The van der Waals surface area contributed by atoms with Crippen LogP contribution in [0.4, 0.5) is 0 Å². The van der Waals surface area contributed by atoms with Gasteiger partial charge in [-0.2, -0.15) is 0 Å². The Bertz CT molecular complexity index is 574. The molecular formula is C13H13N3O2. The Morgan fingerprint density at radius 1 is 1.22 bits per heavy atom. The minimum absolute atomic E-state index is 0.0151. The van der Waals surface area contributed by atoms with Crippen molar-refractivity contribution in [2.24, 2.45) is 5.11 Å².